The van der Waals surface area contributed by atoms with Gasteiger partial charge in [0.15, 0.2) is 0 Å². The van der Waals surface area contributed by atoms with E-state index in [1.165, 1.54) is 0 Å². The lowest BCUT2D eigenvalue weighted by Gasteiger charge is -2.10. The molecule has 0 atom stereocenters. The highest BCUT2D eigenvalue weighted by molar-refractivity contribution is 9.10. The van der Waals surface area contributed by atoms with Crippen molar-refractivity contribution in [3.63, 3.8) is 0 Å². The molecule has 0 aliphatic carbocycles. The molecule has 0 bridgehead atoms. The molecule has 5 heteroatoms. The summed E-state index contributed by atoms with van der Waals surface area (Å²) in [7, 11) is 3.23. The van der Waals surface area contributed by atoms with Crippen molar-refractivity contribution in [1.82, 2.24) is 5.32 Å². The lowest BCUT2D eigenvalue weighted by molar-refractivity contribution is 0.0946. The Morgan fingerprint density at radius 1 is 1.18 bits per heavy atom. The zero-order valence-electron chi connectivity index (χ0n) is 12.6. The van der Waals surface area contributed by atoms with Gasteiger partial charge in [-0.15, -0.1) is 0 Å². The SMILES string of the molecule is COCc1ccccc1C(=O)NCc1ccc(OC)c(Br)c1. The molecule has 0 unspecified atom stereocenters. The van der Waals surface area contributed by atoms with Gasteiger partial charge in [-0.05, 0) is 45.3 Å². The summed E-state index contributed by atoms with van der Waals surface area (Å²) in [4.78, 5) is 12.3. The highest BCUT2D eigenvalue weighted by Gasteiger charge is 2.10. The van der Waals surface area contributed by atoms with Crippen LogP contribution < -0.4 is 10.1 Å². The van der Waals surface area contributed by atoms with Crippen molar-refractivity contribution < 1.29 is 14.3 Å². The van der Waals surface area contributed by atoms with Gasteiger partial charge in [0.1, 0.15) is 5.75 Å². The number of halogens is 1. The first-order chi connectivity index (χ1) is 10.7. The second-order valence-corrected chi connectivity index (χ2v) is 5.60. The summed E-state index contributed by atoms with van der Waals surface area (Å²) in [6.07, 6.45) is 0. The topological polar surface area (TPSA) is 47.6 Å². The second-order valence-electron chi connectivity index (χ2n) is 4.74. The first-order valence-electron chi connectivity index (χ1n) is 6.83. The number of nitrogens with one attached hydrogen (secondary N) is 1. The first kappa shape index (κ1) is 16.5. The zero-order valence-corrected chi connectivity index (χ0v) is 14.1. The Balaban J connectivity index is 2.05. The van der Waals surface area contributed by atoms with Gasteiger partial charge >= 0.3 is 0 Å². The molecule has 2 aromatic rings. The van der Waals surface area contributed by atoms with Crippen LogP contribution in [0.5, 0.6) is 5.75 Å². The summed E-state index contributed by atoms with van der Waals surface area (Å²) in [5, 5.41) is 2.92. The molecule has 0 aliphatic heterocycles. The molecule has 1 amide bonds. The number of carbonyl (C=O) groups excluding carboxylic acids is 1. The van der Waals surface area contributed by atoms with Crippen LogP contribution in [0.25, 0.3) is 0 Å². The number of methoxy groups -OCH3 is 2. The summed E-state index contributed by atoms with van der Waals surface area (Å²) in [5.41, 5.74) is 2.50. The van der Waals surface area contributed by atoms with Crippen molar-refractivity contribution >= 4 is 21.8 Å². The van der Waals surface area contributed by atoms with Gasteiger partial charge in [-0.1, -0.05) is 24.3 Å². The van der Waals surface area contributed by atoms with E-state index in [1.54, 1.807) is 20.3 Å². The third kappa shape index (κ3) is 4.08. The number of benzene rings is 2. The minimum absolute atomic E-state index is 0.111. The lowest BCUT2D eigenvalue weighted by Crippen LogP contribution is -2.24. The van der Waals surface area contributed by atoms with E-state index in [0.29, 0.717) is 18.7 Å². The summed E-state index contributed by atoms with van der Waals surface area (Å²) in [6.45, 7) is 0.862. The van der Waals surface area contributed by atoms with Crippen LogP contribution in [0.1, 0.15) is 21.5 Å². The molecule has 116 valence electrons. The van der Waals surface area contributed by atoms with Gasteiger partial charge in [-0.25, -0.2) is 0 Å². The van der Waals surface area contributed by atoms with Gasteiger partial charge in [-0.2, -0.15) is 0 Å². The van der Waals surface area contributed by atoms with E-state index in [1.807, 2.05) is 36.4 Å². The van der Waals surface area contributed by atoms with Crippen LogP contribution in [0.3, 0.4) is 0 Å². The van der Waals surface area contributed by atoms with E-state index < -0.39 is 0 Å². The standard InChI is InChI=1S/C17H18BrNO3/c1-21-11-13-5-3-4-6-14(13)17(20)19-10-12-7-8-16(22-2)15(18)9-12/h3-9H,10-11H2,1-2H3,(H,19,20). The molecule has 22 heavy (non-hydrogen) atoms. The van der Waals surface area contributed by atoms with Gasteiger partial charge in [0.2, 0.25) is 0 Å². The molecule has 0 heterocycles. The van der Waals surface area contributed by atoms with Crippen LogP contribution in [0.4, 0.5) is 0 Å². The number of rotatable bonds is 6. The molecule has 1 N–H and O–H groups in total. The molecule has 2 aromatic carbocycles. The van der Waals surface area contributed by atoms with Crippen molar-refractivity contribution in [2.45, 2.75) is 13.2 Å². The van der Waals surface area contributed by atoms with Crippen molar-refractivity contribution in [2.75, 3.05) is 14.2 Å². The van der Waals surface area contributed by atoms with E-state index in [4.69, 9.17) is 9.47 Å². The quantitative estimate of drug-likeness (QED) is 0.853. The van der Waals surface area contributed by atoms with Gasteiger partial charge in [0, 0.05) is 19.2 Å². The molecule has 0 aromatic heterocycles. The molecule has 0 saturated heterocycles. The lowest BCUT2D eigenvalue weighted by atomic mass is 10.1. The Kier molecular flexibility index (Phi) is 5.98. The highest BCUT2D eigenvalue weighted by Crippen LogP contribution is 2.25. The Labute approximate surface area is 138 Å². The summed E-state index contributed by atoms with van der Waals surface area (Å²) in [6, 6.07) is 13.1. The predicted molar refractivity (Wildman–Crippen MR) is 89.0 cm³/mol. The van der Waals surface area contributed by atoms with Crippen LogP contribution in [0, 0.1) is 0 Å². The predicted octanol–water partition coefficient (Wildman–Crippen LogP) is 3.53. The van der Waals surface area contributed by atoms with Crippen LogP contribution in [0.15, 0.2) is 46.9 Å². The van der Waals surface area contributed by atoms with Crippen molar-refractivity contribution in [1.29, 1.82) is 0 Å². The third-order valence-corrected chi connectivity index (χ3v) is 3.85. The number of hydrogen-bond acceptors (Lipinski definition) is 3. The highest BCUT2D eigenvalue weighted by atomic mass is 79.9. The summed E-state index contributed by atoms with van der Waals surface area (Å²) >= 11 is 3.44. The number of carbonyl (C=O) groups is 1. The summed E-state index contributed by atoms with van der Waals surface area (Å²) < 4.78 is 11.2. The molecule has 0 spiro atoms. The second kappa shape index (κ2) is 7.96. The Bertz CT molecular complexity index is 658. The van der Waals surface area contributed by atoms with Crippen molar-refractivity contribution in [2.24, 2.45) is 0 Å². The van der Waals surface area contributed by atoms with E-state index in [2.05, 4.69) is 21.2 Å². The monoisotopic (exact) mass is 363 g/mol. The number of ether oxygens (including phenoxy) is 2. The Morgan fingerprint density at radius 2 is 1.95 bits per heavy atom. The maximum Gasteiger partial charge on any atom is 0.251 e. The summed E-state index contributed by atoms with van der Waals surface area (Å²) in [5.74, 6) is 0.653. The third-order valence-electron chi connectivity index (χ3n) is 3.23. The van der Waals surface area contributed by atoms with E-state index in [9.17, 15) is 4.79 Å². The van der Waals surface area contributed by atoms with E-state index in [-0.39, 0.29) is 5.91 Å². The number of hydrogen-bond donors (Lipinski definition) is 1. The van der Waals surface area contributed by atoms with Crippen LogP contribution in [0.2, 0.25) is 0 Å². The molecular weight excluding hydrogens is 346 g/mol. The zero-order chi connectivity index (χ0) is 15.9. The smallest absolute Gasteiger partial charge is 0.251 e. The van der Waals surface area contributed by atoms with Gasteiger partial charge in [0.05, 0.1) is 18.2 Å². The number of amides is 1. The fourth-order valence-electron chi connectivity index (χ4n) is 2.12. The molecule has 0 aliphatic rings. The molecule has 0 fully saturated rings. The molecule has 0 saturated carbocycles. The molecule has 4 nitrogen and oxygen atoms in total. The Morgan fingerprint density at radius 3 is 2.64 bits per heavy atom. The van der Waals surface area contributed by atoms with Crippen molar-refractivity contribution in [3.8, 4) is 5.75 Å². The maximum absolute atomic E-state index is 12.3. The fourth-order valence-corrected chi connectivity index (χ4v) is 2.71. The average molecular weight is 364 g/mol. The largest absolute Gasteiger partial charge is 0.496 e. The van der Waals surface area contributed by atoms with Gasteiger partial charge < -0.3 is 14.8 Å². The van der Waals surface area contributed by atoms with E-state index in [0.717, 1.165) is 21.3 Å². The molecule has 0 radical (unpaired) electrons. The van der Waals surface area contributed by atoms with E-state index >= 15 is 0 Å². The fraction of sp³-hybridized carbons (Fsp3) is 0.235. The van der Waals surface area contributed by atoms with Gasteiger partial charge in [0.25, 0.3) is 5.91 Å². The van der Waals surface area contributed by atoms with Crippen LogP contribution >= 0.6 is 15.9 Å². The van der Waals surface area contributed by atoms with Crippen molar-refractivity contribution in [3.05, 3.63) is 63.6 Å². The minimum atomic E-state index is -0.111. The van der Waals surface area contributed by atoms with Crippen LogP contribution in [-0.2, 0) is 17.9 Å². The average Bonchev–Trinajstić information content (AvgIpc) is 2.53. The van der Waals surface area contributed by atoms with Crippen LogP contribution in [-0.4, -0.2) is 20.1 Å². The first-order valence-corrected chi connectivity index (χ1v) is 7.62. The normalized spacial score (nSPS) is 10.3. The maximum atomic E-state index is 12.3. The minimum Gasteiger partial charge on any atom is -0.496 e. The molecule has 2 rings (SSSR count). The Hall–Kier alpha value is -1.85. The van der Waals surface area contributed by atoms with Gasteiger partial charge in [-0.3, -0.25) is 4.79 Å². The molecular formula is C17H18BrNO3.